The number of carbonyl (C=O) groups excluding carboxylic acids is 1. The number of nitrogens with zero attached hydrogens (tertiary/aromatic N) is 3. The molecule has 20 heavy (non-hydrogen) atoms. The number of hydrogen-bond acceptors (Lipinski definition) is 3. The van der Waals surface area contributed by atoms with Gasteiger partial charge < -0.3 is 14.6 Å². The number of likely N-dealkylation sites (N-methyl/N-ethyl adjacent to an activating group) is 1. The molecule has 1 N–H and O–H groups in total. The molecular formula is C14H15N3O3. The molecule has 6 heteroatoms. The molecule has 0 radical (unpaired) electrons. The van der Waals surface area contributed by atoms with Gasteiger partial charge in [-0.25, -0.2) is 9.78 Å². The van der Waals surface area contributed by atoms with Crippen LogP contribution in [0.4, 0.5) is 0 Å². The van der Waals surface area contributed by atoms with E-state index in [0.29, 0.717) is 30.4 Å². The van der Waals surface area contributed by atoms with Crippen molar-refractivity contribution >= 4 is 22.9 Å². The molecular weight excluding hydrogens is 258 g/mol. The number of carboxylic acids is 1. The summed E-state index contributed by atoms with van der Waals surface area (Å²) in [7, 11) is 1.77. The number of aromatic nitrogens is 2. The van der Waals surface area contributed by atoms with Crippen LogP contribution < -0.4 is 0 Å². The number of carbonyl (C=O) groups is 2. The summed E-state index contributed by atoms with van der Waals surface area (Å²) >= 11 is 0. The number of aromatic carboxylic acids is 1. The van der Waals surface area contributed by atoms with Crippen molar-refractivity contribution in [2.75, 3.05) is 13.6 Å². The van der Waals surface area contributed by atoms with E-state index in [2.05, 4.69) is 4.98 Å². The number of imidazole rings is 1. The lowest BCUT2D eigenvalue weighted by molar-refractivity contribution is -0.132. The molecule has 1 atom stereocenters. The molecule has 1 aromatic heterocycles. The molecule has 1 fully saturated rings. The highest BCUT2D eigenvalue weighted by Gasteiger charge is 2.26. The molecule has 104 valence electrons. The second kappa shape index (κ2) is 4.63. The Morgan fingerprint density at radius 1 is 1.45 bits per heavy atom. The number of benzene rings is 1. The Balaban J connectivity index is 2.08. The summed E-state index contributed by atoms with van der Waals surface area (Å²) in [6, 6.07) is 5.15. The van der Waals surface area contributed by atoms with Gasteiger partial charge in [-0.2, -0.15) is 0 Å². The van der Waals surface area contributed by atoms with Gasteiger partial charge in [-0.3, -0.25) is 4.79 Å². The van der Waals surface area contributed by atoms with E-state index >= 15 is 0 Å². The van der Waals surface area contributed by atoms with Gasteiger partial charge in [0.2, 0.25) is 5.91 Å². The third-order valence-corrected chi connectivity index (χ3v) is 3.82. The van der Waals surface area contributed by atoms with E-state index in [-0.39, 0.29) is 17.5 Å². The van der Waals surface area contributed by atoms with Gasteiger partial charge >= 0.3 is 5.97 Å². The van der Waals surface area contributed by atoms with Crippen molar-refractivity contribution in [2.24, 2.45) is 0 Å². The first kappa shape index (κ1) is 12.7. The van der Waals surface area contributed by atoms with Crippen LogP contribution in [-0.2, 0) is 4.79 Å². The third-order valence-electron chi connectivity index (χ3n) is 3.82. The minimum Gasteiger partial charge on any atom is -0.478 e. The molecule has 2 aromatic rings. The highest BCUT2D eigenvalue weighted by Crippen LogP contribution is 2.27. The predicted molar refractivity (Wildman–Crippen MR) is 72.6 cm³/mol. The molecule has 1 aliphatic heterocycles. The lowest BCUT2D eigenvalue weighted by atomic mass is 10.0. The first-order chi connectivity index (χ1) is 9.58. The summed E-state index contributed by atoms with van der Waals surface area (Å²) in [5.74, 6) is -0.832. The van der Waals surface area contributed by atoms with Gasteiger partial charge in [-0.15, -0.1) is 0 Å². The molecule has 6 nitrogen and oxygen atoms in total. The minimum atomic E-state index is -0.961. The van der Waals surface area contributed by atoms with Crippen LogP contribution in [-0.4, -0.2) is 45.0 Å². The second-order valence-electron chi connectivity index (χ2n) is 5.10. The highest BCUT2D eigenvalue weighted by atomic mass is 16.4. The summed E-state index contributed by atoms with van der Waals surface area (Å²) in [6.45, 7) is 0.582. The summed E-state index contributed by atoms with van der Waals surface area (Å²) in [4.78, 5) is 28.9. The lowest BCUT2D eigenvalue weighted by Crippen LogP contribution is -2.37. The average Bonchev–Trinajstić information content (AvgIpc) is 2.85. The Morgan fingerprint density at radius 3 is 2.95 bits per heavy atom. The van der Waals surface area contributed by atoms with E-state index < -0.39 is 5.97 Å². The van der Waals surface area contributed by atoms with Crippen LogP contribution in [0.2, 0.25) is 0 Å². The number of rotatable bonds is 2. The van der Waals surface area contributed by atoms with E-state index in [0.717, 1.165) is 0 Å². The molecule has 2 heterocycles. The summed E-state index contributed by atoms with van der Waals surface area (Å²) in [5, 5.41) is 9.31. The molecule has 0 saturated carbocycles. The highest BCUT2D eigenvalue weighted by molar-refractivity contribution is 6.01. The normalized spacial score (nSPS) is 19.6. The fraction of sp³-hybridized carbons (Fsp3) is 0.357. The van der Waals surface area contributed by atoms with Crippen molar-refractivity contribution < 1.29 is 14.7 Å². The fourth-order valence-corrected chi connectivity index (χ4v) is 2.76. The molecule has 3 rings (SSSR count). The zero-order valence-electron chi connectivity index (χ0n) is 11.1. The number of fused-ring (bicyclic) bond motifs is 1. The van der Waals surface area contributed by atoms with Crippen LogP contribution in [0.1, 0.15) is 29.2 Å². The van der Waals surface area contributed by atoms with E-state index in [1.807, 2.05) is 4.57 Å². The predicted octanol–water partition coefficient (Wildman–Crippen LogP) is 1.53. The van der Waals surface area contributed by atoms with Crippen molar-refractivity contribution in [3.05, 3.63) is 30.1 Å². The summed E-state index contributed by atoms with van der Waals surface area (Å²) in [5.41, 5.74) is 1.55. The maximum Gasteiger partial charge on any atom is 0.337 e. The van der Waals surface area contributed by atoms with Gasteiger partial charge in [0.1, 0.15) is 0 Å². The van der Waals surface area contributed by atoms with Gasteiger partial charge in [0, 0.05) is 20.0 Å². The van der Waals surface area contributed by atoms with Crippen molar-refractivity contribution in [3.63, 3.8) is 0 Å². The molecule has 0 spiro atoms. The number of para-hydroxylation sites is 1. The summed E-state index contributed by atoms with van der Waals surface area (Å²) < 4.78 is 1.89. The smallest absolute Gasteiger partial charge is 0.337 e. The van der Waals surface area contributed by atoms with Crippen LogP contribution in [0.3, 0.4) is 0 Å². The molecule has 0 aliphatic carbocycles. The van der Waals surface area contributed by atoms with Gasteiger partial charge in [0.15, 0.2) is 0 Å². The second-order valence-corrected chi connectivity index (χ2v) is 5.10. The molecule has 1 aromatic carbocycles. The van der Waals surface area contributed by atoms with E-state index in [9.17, 15) is 14.7 Å². The number of hydrogen-bond donors (Lipinski definition) is 1. The topological polar surface area (TPSA) is 75.4 Å². The minimum absolute atomic E-state index is 0.0724. The molecule has 1 aliphatic rings. The Morgan fingerprint density at radius 2 is 2.25 bits per heavy atom. The number of piperidine rings is 1. The van der Waals surface area contributed by atoms with Crippen molar-refractivity contribution in [2.45, 2.75) is 18.9 Å². The van der Waals surface area contributed by atoms with Crippen LogP contribution in [0.5, 0.6) is 0 Å². The zero-order valence-corrected chi connectivity index (χ0v) is 11.1. The van der Waals surface area contributed by atoms with Gasteiger partial charge in [0.25, 0.3) is 0 Å². The maximum atomic E-state index is 11.6. The molecule has 1 saturated heterocycles. The Hall–Kier alpha value is -2.37. The Kier molecular flexibility index (Phi) is 2.93. The first-order valence-electron chi connectivity index (χ1n) is 6.50. The van der Waals surface area contributed by atoms with Crippen molar-refractivity contribution in [3.8, 4) is 0 Å². The molecule has 1 amide bonds. The van der Waals surface area contributed by atoms with Crippen molar-refractivity contribution in [1.29, 1.82) is 0 Å². The monoisotopic (exact) mass is 273 g/mol. The average molecular weight is 273 g/mol. The van der Waals surface area contributed by atoms with E-state index in [4.69, 9.17) is 0 Å². The molecule has 1 unspecified atom stereocenters. The van der Waals surface area contributed by atoms with Crippen LogP contribution in [0.25, 0.3) is 11.0 Å². The van der Waals surface area contributed by atoms with Crippen LogP contribution in [0, 0.1) is 0 Å². The van der Waals surface area contributed by atoms with Crippen LogP contribution >= 0.6 is 0 Å². The maximum absolute atomic E-state index is 11.6. The van der Waals surface area contributed by atoms with Gasteiger partial charge in [0.05, 0.1) is 29.0 Å². The number of likely N-dealkylation sites (tertiary alicyclic amines) is 1. The third kappa shape index (κ3) is 1.93. The zero-order chi connectivity index (χ0) is 14.3. The fourth-order valence-electron chi connectivity index (χ4n) is 2.76. The van der Waals surface area contributed by atoms with Gasteiger partial charge in [-0.1, -0.05) is 6.07 Å². The summed E-state index contributed by atoms with van der Waals surface area (Å²) in [6.07, 6.45) is 2.87. The first-order valence-corrected chi connectivity index (χ1v) is 6.50. The molecule has 0 bridgehead atoms. The van der Waals surface area contributed by atoms with Crippen molar-refractivity contribution in [1.82, 2.24) is 14.5 Å². The SMILES string of the molecule is CN1CC(n2cnc3cccc(C(=O)O)c32)CCC1=O. The largest absolute Gasteiger partial charge is 0.478 e. The standard InChI is InChI=1S/C14H15N3O3/c1-16-7-9(5-6-12(16)18)17-8-15-11-4-2-3-10(13(11)17)14(19)20/h2-4,8-9H,5-7H2,1H3,(H,19,20). The van der Waals surface area contributed by atoms with E-state index in [1.165, 1.54) is 0 Å². The van der Waals surface area contributed by atoms with E-state index in [1.54, 1.807) is 36.5 Å². The lowest BCUT2D eigenvalue weighted by Gasteiger charge is -2.30. The van der Waals surface area contributed by atoms with Crippen LogP contribution in [0.15, 0.2) is 24.5 Å². The Bertz CT molecular complexity index is 692. The number of carboxylic acid groups (broad SMARTS) is 1. The quantitative estimate of drug-likeness (QED) is 0.900. The Labute approximate surface area is 115 Å². The number of amides is 1. The van der Waals surface area contributed by atoms with Gasteiger partial charge in [-0.05, 0) is 18.6 Å².